The third-order valence-corrected chi connectivity index (χ3v) is 2.61. The summed E-state index contributed by atoms with van der Waals surface area (Å²) >= 11 is 5.23. The second kappa shape index (κ2) is 4.96. The lowest BCUT2D eigenvalue weighted by Gasteiger charge is -2.24. The van der Waals surface area contributed by atoms with Gasteiger partial charge in [-0.3, -0.25) is 0 Å². The molecule has 0 spiro atoms. The maximum Gasteiger partial charge on any atom is 0.173 e. The summed E-state index contributed by atoms with van der Waals surface area (Å²) in [4.78, 5) is 2.09. The number of hydrogen-bond acceptors (Lipinski definition) is 1. The van der Waals surface area contributed by atoms with Crippen molar-refractivity contribution in [3.8, 4) is 0 Å². The maximum absolute atomic E-state index is 5.23. The van der Waals surface area contributed by atoms with Gasteiger partial charge in [0.05, 0.1) is 0 Å². The Balaban J connectivity index is 3.01. The molecule has 1 aromatic rings. The van der Waals surface area contributed by atoms with Crippen LogP contribution in [0.3, 0.4) is 0 Å². The summed E-state index contributed by atoms with van der Waals surface area (Å²) in [5.74, 6) is 0. The zero-order valence-corrected chi connectivity index (χ0v) is 9.69. The highest BCUT2D eigenvalue weighted by atomic mass is 32.1. The van der Waals surface area contributed by atoms with E-state index in [1.54, 1.807) is 0 Å². The zero-order valence-electron chi connectivity index (χ0n) is 8.87. The van der Waals surface area contributed by atoms with Gasteiger partial charge in [0, 0.05) is 19.3 Å². The van der Waals surface area contributed by atoms with Crippen LogP contribution in [0.5, 0.6) is 0 Å². The minimum Gasteiger partial charge on any atom is -0.365 e. The summed E-state index contributed by atoms with van der Waals surface area (Å²) in [6.45, 7) is 5.07. The van der Waals surface area contributed by atoms with Gasteiger partial charge in [0.1, 0.15) is 0 Å². The molecule has 14 heavy (non-hydrogen) atoms. The topological polar surface area (TPSA) is 15.3 Å². The van der Waals surface area contributed by atoms with Crippen LogP contribution in [0.4, 0.5) is 5.69 Å². The van der Waals surface area contributed by atoms with Crippen molar-refractivity contribution < 1.29 is 0 Å². The molecule has 0 amide bonds. The third kappa shape index (κ3) is 2.23. The number of para-hydroxylation sites is 1. The molecule has 2 nitrogen and oxygen atoms in total. The molecule has 0 aliphatic rings. The lowest BCUT2D eigenvalue weighted by Crippen LogP contribution is -2.38. The summed E-state index contributed by atoms with van der Waals surface area (Å²) in [7, 11) is 1.85. The fourth-order valence-electron chi connectivity index (χ4n) is 1.42. The molecule has 1 N–H and O–H groups in total. The smallest absolute Gasteiger partial charge is 0.173 e. The standard InChI is InChI=1S/C11H16N2S/c1-4-13(11(14)12-3)10-8-6-5-7-9(10)2/h5-8H,4H2,1-3H3,(H,12,14). The highest BCUT2D eigenvalue weighted by Crippen LogP contribution is 2.18. The fraction of sp³-hybridized carbons (Fsp3) is 0.364. The van der Waals surface area contributed by atoms with Gasteiger partial charge in [-0.15, -0.1) is 0 Å². The van der Waals surface area contributed by atoms with E-state index in [4.69, 9.17) is 12.2 Å². The maximum atomic E-state index is 5.23. The minimum atomic E-state index is 0.766. The molecule has 1 rings (SSSR count). The van der Waals surface area contributed by atoms with Crippen molar-refractivity contribution in [3.05, 3.63) is 29.8 Å². The van der Waals surface area contributed by atoms with Crippen LogP contribution in [-0.4, -0.2) is 18.7 Å². The summed E-state index contributed by atoms with van der Waals surface area (Å²) in [6, 6.07) is 8.25. The average Bonchev–Trinajstić information content (AvgIpc) is 2.21. The van der Waals surface area contributed by atoms with E-state index in [1.807, 2.05) is 19.2 Å². The number of benzene rings is 1. The van der Waals surface area contributed by atoms with Crippen molar-refractivity contribution in [2.24, 2.45) is 0 Å². The molecule has 1 aromatic carbocycles. The van der Waals surface area contributed by atoms with Gasteiger partial charge in [0.15, 0.2) is 5.11 Å². The van der Waals surface area contributed by atoms with Gasteiger partial charge >= 0.3 is 0 Å². The van der Waals surface area contributed by atoms with E-state index in [9.17, 15) is 0 Å². The number of thiocarbonyl (C=S) groups is 1. The number of rotatable bonds is 2. The van der Waals surface area contributed by atoms with Crippen molar-refractivity contribution in [2.75, 3.05) is 18.5 Å². The van der Waals surface area contributed by atoms with Gasteiger partial charge in [-0.25, -0.2) is 0 Å². The van der Waals surface area contributed by atoms with Crippen molar-refractivity contribution >= 4 is 23.0 Å². The van der Waals surface area contributed by atoms with E-state index in [1.165, 1.54) is 11.3 Å². The second-order valence-corrected chi connectivity index (χ2v) is 3.47. The van der Waals surface area contributed by atoms with Crippen LogP contribution in [0.25, 0.3) is 0 Å². The quantitative estimate of drug-likeness (QED) is 0.751. The van der Waals surface area contributed by atoms with Crippen molar-refractivity contribution in [3.63, 3.8) is 0 Å². The van der Waals surface area contributed by atoms with Crippen molar-refractivity contribution in [1.29, 1.82) is 0 Å². The van der Waals surface area contributed by atoms with Crippen molar-refractivity contribution in [1.82, 2.24) is 5.32 Å². The second-order valence-electron chi connectivity index (χ2n) is 3.09. The largest absolute Gasteiger partial charge is 0.365 e. The first kappa shape index (κ1) is 11.0. The lowest BCUT2D eigenvalue weighted by atomic mass is 10.2. The molecule has 0 aromatic heterocycles. The molecule has 0 bridgehead atoms. The molecule has 0 aliphatic carbocycles. The van der Waals surface area contributed by atoms with Crippen LogP contribution in [-0.2, 0) is 0 Å². The van der Waals surface area contributed by atoms with Crippen LogP contribution in [0.2, 0.25) is 0 Å². The predicted octanol–water partition coefficient (Wildman–Crippen LogP) is 2.33. The molecule has 3 heteroatoms. The number of anilines is 1. The molecule has 0 atom stereocenters. The SMILES string of the molecule is CCN(C(=S)NC)c1ccccc1C. The van der Waals surface area contributed by atoms with Gasteiger partial charge < -0.3 is 10.2 Å². The number of hydrogen-bond donors (Lipinski definition) is 1. The van der Waals surface area contributed by atoms with E-state index in [-0.39, 0.29) is 0 Å². The first-order valence-corrected chi connectivity index (χ1v) is 5.16. The number of aryl methyl sites for hydroxylation is 1. The average molecular weight is 208 g/mol. The van der Waals surface area contributed by atoms with E-state index >= 15 is 0 Å². The Labute approximate surface area is 90.9 Å². The van der Waals surface area contributed by atoms with E-state index in [2.05, 4.69) is 36.2 Å². The van der Waals surface area contributed by atoms with E-state index in [0.29, 0.717) is 0 Å². The Kier molecular flexibility index (Phi) is 3.89. The van der Waals surface area contributed by atoms with Gasteiger partial charge in [-0.1, -0.05) is 18.2 Å². The first-order valence-electron chi connectivity index (χ1n) is 4.75. The summed E-state index contributed by atoms with van der Waals surface area (Å²) in [6.07, 6.45) is 0. The Morgan fingerprint density at radius 2 is 2.07 bits per heavy atom. The van der Waals surface area contributed by atoms with Gasteiger partial charge in [0.2, 0.25) is 0 Å². The van der Waals surface area contributed by atoms with Gasteiger partial charge in [-0.2, -0.15) is 0 Å². The van der Waals surface area contributed by atoms with Crippen molar-refractivity contribution in [2.45, 2.75) is 13.8 Å². The molecular weight excluding hydrogens is 192 g/mol. The van der Waals surface area contributed by atoms with Crippen LogP contribution < -0.4 is 10.2 Å². The molecule has 0 heterocycles. The van der Waals surface area contributed by atoms with E-state index in [0.717, 1.165) is 11.7 Å². The Morgan fingerprint density at radius 3 is 2.57 bits per heavy atom. The van der Waals surface area contributed by atoms with Gasteiger partial charge in [-0.05, 0) is 37.7 Å². The van der Waals surface area contributed by atoms with Crippen LogP contribution in [0, 0.1) is 6.92 Å². The highest BCUT2D eigenvalue weighted by molar-refractivity contribution is 7.80. The van der Waals surface area contributed by atoms with Crippen LogP contribution in [0.15, 0.2) is 24.3 Å². The Morgan fingerprint density at radius 1 is 1.43 bits per heavy atom. The summed E-state index contributed by atoms with van der Waals surface area (Å²) in [5, 5.41) is 3.76. The Bertz CT molecular complexity index is 323. The monoisotopic (exact) mass is 208 g/mol. The summed E-state index contributed by atoms with van der Waals surface area (Å²) < 4.78 is 0. The van der Waals surface area contributed by atoms with Crippen LogP contribution >= 0.6 is 12.2 Å². The van der Waals surface area contributed by atoms with E-state index < -0.39 is 0 Å². The number of nitrogens with one attached hydrogen (secondary N) is 1. The molecule has 0 saturated carbocycles. The third-order valence-electron chi connectivity index (χ3n) is 2.18. The molecular formula is C11H16N2S. The predicted molar refractivity (Wildman–Crippen MR) is 65.9 cm³/mol. The lowest BCUT2D eigenvalue weighted by molar-refractivity contribution is 1.01. The summed E-state index contributed by atoms with van der Waals surface area (Å²) in [5.41, 5.74) is 2.42. The molecule has 0 radical (unpaired) electrons. The molecule has 0 aliphatic heterocycles. The first-order chi connectivity index (χ1) is 6.70. The minimum absolute atomic E-state index is 0.766. The highest BCUT2D eigenvalue weighted by Gasteiger charge is 2.09. The fourth-order valence-corrected chi connectivity index (χ4v) is 1.65. The molecule has 0 fully saturated rings. The number of nitrogens with zero attached hydrogens (tertiary/aromatic N) is 1. The normalized spacial score (nSPS) is 9.64. The Hall–Kier alpha value is -1.09. The van der Waals surface area contributed by atoms with Crippen LogP contribution in [0.1, 0.15) is 12.5 Å². The zero-order chi connectivity index (χ0) is 10.6. The molecule has 0 unspecified atom stereocenters. The molecule has 76 valence electrons. The molecule has 0 saturated heterocycles. The van der Waals surface area contributed by atoms with Gasteiger partial charge in [0.25, 0.3) is 0 Å².